The Labute approximate surface area is 95.8 Å². The summed E-state index contributed by atoms with van der Waals surface area (Å²) in [6, 6.07) is 5.54. The lowest BCUT2D eigenvalue weighted by Gasteiger charge is -2.10. The van der Waals surface area contributed by atoms with Gasteiger partial charge in [0.15, 0.2) is 0 Å². The number of hydrogen-bond acceptors (Lipinski definition) is 3. The van der Waals surface area contributed by atoms with Crippen LogP contribution in [0.1, 0.15) is 18.9 Å². The highest BCUT2D eigenvalue weighted by atomic mass is 16.5. The number of nitrogens with two attached hydrogens (primary N) is 1. The summed E-state index contributed by atoms with van der Waals surface area (Å²) in [5.74, 6) is -0.0746. The summed E-state index contributed by atoms with van der Waals surface area (Å²) in [7, 11) is 0. The third-order valence-corrected chi connectivity index (χ3v) is 2.25. The molecule has 16 heavy (non-hydrogen) atoms. The van der Waals surface area contributed by atoms with Gasteiger partial charge in [0, 0.05) is 6.61 Å². The van der Waals surface area contributed by atoms with Crippen molar-refractivity contribution >= 4 is 17.3 Å². The lowest BCUT2D eigenvalue weighted by molar-refractivity contribution is -0.117. The molecule has 0 fully saturated rings. The summed E-state index contributed by atoms with van der Waals surface area (Å²) in [4.78, 5) is 11.5. The number of aryl methyl sites for hydroxylation is 1. The number of anilines is 2. The Balaban J connectivity index is 2.56. The molecule has 3 N–H and O–H groups in total. The van der Waals surface area contributed by atoms with E-state index in [1.807, 2.05) is 26.0 Å². The van der Waals surface area contributed by atoms with Crippen molar-refractivity contribution in [2.75, 3.05) is 24.3 Å². The minimum absolute atomic E-state index is 0.0746. The minimum Gasteiger partial charge on any atom is -0.397 e. The summed E-state index contributed by atoms with van der Waals surface area (Å²) in [5, 5.41) is 2.79. The minimum atomic E-state index is -0.0746. The maximum Gasteiger partial charge on any atom is 0.226 e. The van der Waals surface area contributed by atoms with Crippen LogP contribution in [-0.4, -0.2) is 19.1 Å². The molecule has 0 aromatic heterocycles. The van der Waals surface area contributed by atoms with Gasteiger partial charge in [0.2, 0.25) is 5.91 Å². The van der Waals surface area contributed by atoms with Gasteiger partial charge in [-0.2, -0.15) is 0 Å². The number of rotatable bonds is 5. The molecule has 0 aliphatic carbocycles. The molecule has 0 atom stereocenters. The highest BCUT2D eigenvalue weighted by Crippen LogP contribution is 2.22. The molecule has 0 unspecified atom stereocenters. The van der Waals surface area contributed by atoms with Crippen LogP contribution in [0, 0.1) is 6.92 Å². The maximum atomic E-state index is 11.5. The molecule has 0 spiro atoms. The first kappa shape index (κ1) is 12.5. The van der Waals surface area contributed by atoms with Crippen LogP contribution in [-0.2, 0) is 9.53 Å². The quantitative estimate of drug-likeness (QED) is 0.591. The summed E-state index contributed by atoms with van der Waals surface area (Å²) in [6.45, 7) is 4.87. The SMILES string of the molecule is CCOCCC(=O)Nc1c(C)cccc1N. The number of ether oxygens (including phenoxy) is 1. The molecule has 88 valence electrons. The molecule has 0 aliphatic heterocycles. The van der Waals surface area contributed by atoms with E-state index in [9.17, 15) is 4.79 Å². The highest BCUT2D eigenvalue weighted by Gasteiger charge is 2.07. The van der Waals surface area contributed by atoms with Crippen molar-refractivity contribution in [3.8, 4) is 0 Å². The fraction of sp³-hybridized carbons (Fsp3) is 0.417. The number of benzene rings is 1. The van der Waals surface area contributed by atoms with Gasteiger partial charge in [-0.05, 0) is 25.5 Å². The molecule has 1 amide bonds. The number of carbonyl (C=O) groups excluding carboxylic acids is 1. The summed E-state index contributed by atoms with van der Waals surface area (Å²) < 4.78 is 5.11. The zero-order valence-electron chi connectivity index (χ0n) is 9.75. The van der Waals surface area contributed by atoms with Gasteiger partial charge in [-0.3, -0.25) is 4.79 Å². The molecular formula is C12H18N2O2. The smallest absolute Gasteiger partial charge is 0.226 e. The fourth-order valence-electron chi connectivity index (χ4n) is 1.37. The van der Waals surface area contributed by atoms with E-state index >= 15 is 0 Å². The van der Waals surface area contributed by atoms with Gasteiger partial charge in [-0.15, -0.1) is 0 Å². The van der Waals surface area contributed by atoms with Gasteiger partial charge in [-0.1, -0.05) is 12.1 Å². The van der Waals surface area contributed by atoms with Crippen LogP contribution in [0.3, 0.4) is 0 Å². The Morgan fingerprint density at radius 1 is 1.50 bits per heavy atom. The molecule has 1 aromatic rings. The average Bonchev–Trinajstić information content (AvgIpc) is 2.24. The second kappa shape index (κ2) is 6.12. The van der Waals surface area contributed by atoms with Crippen LogP contribution >= 0.6 is 0 Å². The molecule has 0 bridgehead atoms. The van der Waals surface area contributed by atoms with E-state index in [-0.39, 0.29) is 5.91 Å². The van der Waals surface area contributed by atoms with E-state index in [1.54, 1.807) is 6.07 Å². The number of nitrogen functional groups attached to an aromatic ring is 1. The monoisotopic (exact) mass is 222 g/mol. The van der Waals surface area contributed by atoms with Gasteiger partial charge < -0.3 is 15.8 Å². The maximum absolute atomic E-state index is 11.5. The first-order chi connectivity index (χ1) is 7.65. The summed E-state index contributed by atoms with van der Waals surface area (Å²) >= 11 is 0. The van der Waals surface area contributed by atoms with Crippen molar-refractivity contribution in [1.82, 2.24) is 0 Å². The van der Waals surface area contributed by atoms with Crippen LogP contribution in [0.15, 0.2) is 18.2 Å². The van der Waals surface area contributed by atoms with E-state index in [4.69, 9.17) is 10.5 Å². The molecule has 0 saturated heterocycles. The Morgan fingerprint density at radius 2 is 2.25 bits per heavy atom. The predicted octanol–water partition coefficient (Wildman–Crippen LogP) is 1.94. The van der Waals surface area contributed by atoms with E-state index in [0.717, 1.165) is 5.56 Å². The third-order valence-electron chi connectivity index (χ3n) is 2.25. The Kier molecular flexibility index (Phi) is 4.79. The first-order valence-corrected chi connectivity index (χ1v) is 5.37. The van der Waals surface area contributed by atoms with E-state index in [0.29, 0.717) is 31.0 Å². The number of hydrogen-bond donors (Lipinski definition) is 2. The molecule has 1 rings (SSSR count). The second-order valence-corrected chi connectivity index (χ2v) is 3.53. The van der Waals surface area contributed by atoms with Gasteiger partial charge in [0.1, 0.15) is 0 Å². The van der Waals surface area contributed by atoms with E-state index < -0.39 is 0 Å². The molecule has 0 radical (unpaired) electrons. The fourth-order valence-corrected chi connectivity index (χ4v) is 1.37. The Morgan fingerprint density at radius 3 is 2.88 bits per heavy atom. The number of amides is 1. The molecule has 0 heterocycles. The van der Waals surface area contributed by atoms with Crippen LogP contribution in [0.4, 0.5) is 11.4 Å². The second-order valence-electron chi connectivity index (χ2n) is 3.53. The van der Waals surface area contributed by atoms with Crippen molar-refractivity contribution in [2.45, 2.75) is 20.3 Å². The largest absolute Gasteiger partial charge is 0.397 e. The lowest BCUT2D eigenvalue weighted by Crippen LogP contribution is -2.16. The standard InChI is InChI=1S/C12H18N2O2/c1-3-16-8-7-11(15)14-12-9(2)5-4-6-10(12)13/h4-6H,3,7-8,13H2,1-2H3,(H,14,15). The molecule has 4 heteroatoms. The molecule has 0 aliphatic rings. The normalized spacial score (nSPS) is 10.1. The van der Waals surface area contributed by atoms with Gasteiger partial charge >= 0.3 is 0 Å². The van der Waals surface area contributed by atoms with E-state index in [2.05, 4.69) is 5.32 Å². The van der Waals surface area contributed by atoms with Crippen molar-refractivity contribution in [3.05, 3.63) is 23.8 Å². The van der Waals surface area contributed by atoms with E-state index in [1.165, 1.54) is 0 Å². The number of carbonyl (C=O) groups is 1. The van der Waals surface area contributed by atoms with Crippen LogP contribution < -0.4 is 11.1 Å². The molecule has 4 nitrogen and oxygen atoms in total. The van der Waals surface area contributed by atoms with Gasteiger partial charge in [0.05, 0.1) is 24.4 Å². The van der Waals surface area contributed by atoms with Crippen LogP contribution in [0.2, 0.25) is 0 Å². The van der Waals surface area contributed by atoms with Crippen molar-refractivity contribution in [1.29, 1.82) is 0 Å². The lowest BCUT2D eigenvalue weighted by atomic mass is 10.1. The first-order valence-electron chi connectivity index (χ1n) is 5.37. The number of para-hydroxylation sites is 1. The molecular weight excluding hydrogens is 204 g/mol. The van der Waals surface area contributed by atoms with Crippen LogP contribution in [0.5, 0.6) is 0 Å². The molecule has 0 saturated carbocycles. The molecule has 1 aromatic carbocycles. The third kappa shape index (κ3) is 3.55. The van der Waals surface area contributed by atoms with Gasteiger partial charge in [0.25, 0.3) is 0 Å². The van der Waals surface area contributed by atoms with Crippen molar-refractivity contribution < 1.29 is 9.53 Å². The van der Waals surface area contributed by atoms with Crippen LogP contribution in [0.25, 0.3) is 0 Å². The predicted molar refractivity (Wildman–Crippen MR) is 65.3 cm³/mol. The topological polar surface area (TPSA) is 64.3 Å². The van der Waals surface area contributed by atoms with Gasteiger partial charge in [-0.25, -0.2) is 0 Å². The summed E-state index contributed by atoms with van der Waals surface area (Å²) in [6.07, 6.45) is 0.349. The highest BCUT2D eigenvalue weighted by molar-refractivity contribution is 5.94. The van der Waals surface area contributed by atoms with Crippen molar-refractivity contribution in [2.24, 2.45) is 0 Å². The summed E-state index contributed by atoms with van der Waals surface area (Å²) in [5.41, 5.74) is 8.03. The van der Waals surface area contributed by atoms with Crippen molar-refractivity contribution in [3.63, 3.8) is 0 Å². The Bertz CT molecular complexity index is 344. The number of nitrogens with one attached hydrogen (secondary N) is 1. The Hall–Kier alpha value is -1.55. The zero-order chi connectivity index (χ0) is 12.0. The zero-order valence-corrected chi connectivity index (χ0v) is 9.75. The average molecular weight is 222 g/mol.